The number of aliphatic hydroxyl groups is 1. The molecular weight excluding hydrogens is 566 g/mol. The largest absolute Gasteiger partial charge is 0.506 e. The molecule has 1 aromatic heterocycles. The fourth-order valence-electron chi connectivity index (χ4n) is 7.60. The molecule has 4 aliphatic rings. The molecule has 3 fully saturated rings. The predicted octanol–water partition coefficient (Wildman–Crippen LogP) is 6.15. The lowest BCUT2D eigenvalue weighted by Crippen LogP contribution is -2.53. The van der Waals surface area contributed by atoms with Crippen LogP contribution in [0.5, 0.6) is 0 Å². The quantitative estimate of drug-likeness (QED) is 0.445. The minimum atomic E-state index is -0.631. The number of ether oxygens (including phenoxy) is 1. The highest BCUT2D eigenvalue weighted by Gasteiger charge is 2.53. The van der Waals surface area contributed by atoms with E-state index in [4.69, 9.17) is 16.3 Å². The standard InChI is InChI=1S/C33H42ClN5O4/c1-21-17-25(40)28-26(21)29(36-20-35-28)37-13-15-38(16-14-37)30(41)27(22-7-9-23(34)10-8-22)24-18-33(11-5-6-12-33)19-39(24)31(42)43-32(2,3)4/h7-10,17,20-21,24,27,40H,5-6,11-16,18-19H2,1-4H3/t21-,24+,27+/m1/s1. The maximum absolute atomic E-state index is 14.6. The summed E-state index contributed by atoms with van der Waals surface area (Å²) in [5.74, 6) is 0.521. The van der Waals surface area contributed by atoms with E-state index >= 15 is 0 Å². The number of likely N-dealkylation sites (tertiary alicyclic amines) is 1. The summed E-state index contributed by atoms with van der Waals surface area (Å²) in [5, 5.41) is 10.9. The van der Waals surface area contributed by atoms with Gasteiger partial charge in [-0.25, -0.2) is 14.8 Å². The van der Waals surface area contributed by atoms with Crippen molar-refractivity contribution in [1.29, 1.82) is 0 Å². The molecule has 0 radical (unpaired) electrons. The number of piperazine rings is 1. The van der Waals surface area contributed by atoms with E-state index in [-0.39, 0.29) is 35.1 Å². The molecular formula is C33H42ClN5O4. The Kier molecular flexibility index (Phi) is 7.82. The molecule has 1 saturated carbocycles. The number of amides is 2. The zero-order valence-electron chi connectivity index (χ0n) is 25.6. The molecule has 1 spiro atoms. The second kappa shape index (κ2) is 11.3. The number of hydrogen-bond acceptors (Lipinski definition) is 7. The number of hydrogen-bond donors (Lipinski definition) is 1. The van der Waals surface area contributed by atoms with Gasteiger partial charge < -0.3 is 24.5 Å². The summed E-state index contributed by atoms with van der Waals surface area (Å²) >= 11 is 6.27. The molecule has 230 valence electrons. The van der Waals surface area contributed by atoms with Crippen LogP contribution in [0.25, 0.3) is 5.76 Å². The van der Waals surface area contributed by atoms with Crippen molar-refractivity contribution in [2.75, 3.05) is 37.6 Å². The number of benzene rings is 1. The van der Waals surface area contributed by atoms with Crippen LogP contribution in [0.2, 0.25) is 5.02 Å². The number of nitrogens with zero attached hydrogens (tertiary/aromatic N) is 5. The van der Waals surface area contributed by atoms with Gasteiger partial charge in [0.15, 0.2) is 0 Å². The van der Waals surface area contributed by atoms with E-state index in [1.807, 2.05) is 61.8 Å². The van der Waals surface area contributed by atoms with Crippen molar-refractivity contribution in [2.45, 2.75) is 83.3 Å². The van der Waals surface area contributed by atoms with Gasteiger partial charge in [-0.15, -0.1) is 0 Å². The number of allylic oxidation sites excluding steroid dienone is 1. The third kappa shape index (κ3) is 5.80. The van der Waals surface area contributed by atoms with Crippen molar-refractivity contribution in [2.24, 2.45) is 5.41 Å². The van der Waals surface area contributed by atoms with E-state index in [1.165, 1.54) is 6.33 Å². The third-order valence-electron chi connectivity index (χ3n) is 9.58. The Hall–Kier alpha value is -3.33. The average molecular weight is 608 g/mol. The van der Waals surface area contributed by atoms with Crippen LogP contribution in [0.4, 0.5) is 10.6 Å². The van der Waals surface area contributed by atoms with Crippen LogP contribution < -0.4 is 4.90 Å². The molecule has 1 N–H and O–H groups in total. The van der Waals surface area contributed by atoms with Gasteiger partial charge in [0.05, 0.1) is 12.0 Å². The van der Waals surface area contributed by atoms with E-state index in [9.17, 15) is 14.7 Å². The first-order valence-corrected chi connectivity index (χ1v) is 15.9. The molecule has 9 nitrogen and oxygen atoms in total. The lowest BCUT2D eigenvalue weighted by molar-refractivity contribution is -0.134. The van der Waals surface area contributed by atoms with Crippen molar-refractivity contribution in [3.63, 3.8) is 0 Å². The van der Waals surface area contributed by atoms with Crippen LogP contribution in [0.15, 0.2) is 36.7 Å². The Morgan fingerprint density at radius 3 is 2.40 bits per heavy atom. The Labute approximate surface area is 258 Å². The maximum Gasteiger partial charge on any atom is 0.410 e. The Balaban J connectivity index is 1.27. The summed E-state index contributed by atoms with van der Waals surface area (Å²) in [5.41, 5.74) is 1.78. The third-order valence-corrected chi connectivity index (χ3v) is 9.83. The highest BCUT2D eigenvalue weighted by atomic mass is 35.5. The first-order valence-electron chi connectivity index (χ1n) is 15.5. The molecule has 2 aromatic rings. The fourth-order valence-corrected chi connectivity index (χ4v) is 7.72. The molecule has 2 amide bonds. The summed E-state index contributed by atoms with van der Waals surface area (Å²) < 4.78 is 5.90. The van der Waals surface area contributed by atoms with Crippen molar-refractivity contribution in [3.05, 3.63) is 58.5 Å². The predicted molar refractivity (Wildman–Crippen MR) is 166 cm³/mol. The number of fused-ring (bicyclic) bond motifs is 1. The van der Waals surface area contributed by atoms with Gasteiger partial charge in [-0.1, -0.05) is 43.5 Å². The molecule has 0 unspecified atom stereocenters. The van der Waals surface area contributed by atoms with Crippen molar-refractivity contribution in [1.82, 2.24) is 19.8 Å². The second-order valence-electron chi connectivity index (χ2n) is 13.7. The monoisotopic (exact) mass is 607 g/mol. The van der Waals surface area contributed by atoms with E-state index in [0.29, 0.717) is 43.4 Å². The molecule has 3 atom stereocenters. The van der Waals surface area contributed by atoms with Gasteiger partial charge >= 0.3 is 6.09 Å². The number of aromatic nitrogens is 2. The molecule has 2 aliphatic heterocycles. The number of aliphatic hydroxyl groups excluding tert-OH is 1. The summed E-state index contributed by atoms with van der Waals surface area (Å²) in [6, 6.07) is 7.21. The molecule has 6 rings (SSSR count). The Morgan fingerprint density at radius 1 is 1.07 bits per heavy atom. The molecule has 1 aromatic carbocycles. The topological polar surface area (TPSA) is 99.1 Å². The SMILES string of the molecule is C[C@@H]1C=C(O)c2ncnc(N3CCN(C(=O)[C@@H](c4ccc(Cl)cc4)[C@@H]4CC5(CCCC5)CN4C(=O)OC(C)(C)C)CC3)c21. The normalized spacial score (nSPS) is 23.8. The van der Waals surface area contributed by atoms with Crippen LogP contribution in [-0.4, -0.2) is 81.2 Å². The van der Waals surface area contributed by atoms with Gasteiger partial charge in [-0.05, 0) is 69.2 Å². The maximum atomic E-state index is 14.6. The minimum absolute atomic E-state index is 0.0178. The number of halogens is 1. The number of carbonyl (C=O) groups is 2. The molecule has 2 saturated heterocycles. The number of rotatable bonds is 4. The Morgan fingerprint density at radius 2 is 1.74 bits per heavy atom. The van der Waals surface area contributed by atoms with Crippen LogP contribution in [0.1, 0.15) is 88.5 Å². The Bertz CT molecular complexity index is 1410. The molecule has 2 aliphatic carbocycles. The first kappa shape index (κ1) is 29.7. The highest BCUT2D eigenvalue weighted by Crippen LogP contribution is 2.51. The fraction of sp³-hybridized carbons (Fsp3) is 0.576. The molecule has 10 heteroatoms. The van der Waals surface area contributed by atoms with E-state index in [0.717, 1.165) is 49.0 Å². The zero-order valence-corrected chi connectivity index (χ0v) is 26.3. The van der Waals surface area contributed by atoms with Crippen molar-refractivity contribution in [3.8, 4) is 0 Å². The number of carbonyl (C=O) groups excluding carboxylic acids is 2. The lowest BCUT2D eigenvalue weighted by Gasteiger charge is -2.40. The lowest BCUT2D eigenvalue weighted by atomic mass is 9.79. The van der Waals surface area contributed by atoms with E-state index in [2.05, 4.69) is 14.9 Å². The first-order chi connectivity index (χ1) is 20.4. The van der Waals surface area contributed by atoms with Gasteiger partial charge in [-0.3, -0.25) is 4.79 Å². The van der Waals surface area contributed by atoms with Gasteiger partial charge in [0.2, 0.25) is 5.91 Å². The number of anilines is 1. The highest BCUT2D eigenvalue weighted by molar-refractivity contribution is 6.30. The zero-order chi connectivity index (χ0) is 30.5. The van der Waals surface area contributed by atoms with E-state index < -0.39 is 11.5 Å². The minimum Gasteiger partial charge on any atom is -0.506 e. The van der Waals surface area contributed by atoms with Gasteiger partial charge in [-0.2, -0.15) is 0 Å². The summed E-state index contributed by atoms with van der Waals surface area (Å²) in [4.78, 5) is 43.1. The summed E-state index contributed by atoms with van der Waals surface area (Å²) in [6.45, 7) is 10.6. The summed E-state index contributed by atoms with van der Waals surface area (Å²) in [7, 11) is 0. The molecule has 43 heavy (non-hydrogen) atoms. The van der Waals surface area contributed by atoms with Crippen LogP contribution in [-0.2, 0) is 9.53 Å². The summed E-state index contributed by atoms with van der Waals surface area (Å²) in [6.07, 6.45) is 8.16. The van der Waals surface area contributed by atoms with Gasteiger partial charge in [0.25, 0.3) is 0 Å². The molecule has 0 bridgehead atoms. The average Bonchev–Trinajstić information content (AvgIpc) is 3.67. The van der Waals surface area contributed by atoms with Crippen LogP contribution >= 0.6 is 11.6 Å². The van der Waals surface area contributed by atoms with Crippen molar-refractivity contribution < 1.29 is 19.4 Å². The van der Waals surface area contributed by atoms with E-state index in [1.54, 1.807) is 6.08 Å². The smallest absolute Gasteiger partial charge is 0.410 e. The second-order valence-corrected chi connectivity index (χ2v) is 14.2. The molecule has 3 heterocycles. The van der Waals surface area contributed by atoms with Gasteiger partial charge in [0, 0.05) is 49.2 Å². The van der Waals surface area contributed by atoms with Gasteiger partial charge in [0.1, 0.15) is 29.2 Å². The van der Waals surface area contributed by atoms with Crippen LogP contribution in [0.3, 0.4) is 0 Å². The van der Waals surface area contributed by atoms with Crippen molar-refractivity contribution >= 4 is 35.2 Å². The van der Waals surface area contributed by atoms with Crippen LogP contribution in [0, 0.1) is 5.41 Å².